The molecule has 90 valence electrons. The van der Waals surface area contributed by atoms with Gasteiger partial charge in [0.25, 0.3) is 5.19 Å². The van der Waals surface area contributed by atoms with E-state index in [0.717, 1.165) is 19.5 Å². The molecular weight excluding hydrogens is 234 g/mol. The summed E-state index contributed by atoms with van der Waals surface area (Å²) in [6.45, 7) is 2.52. The third-order valence-electron chi connectivity index (χ3n) is 2.24. The topological polar surface area (TPSA) is 47.0 Å². The number of ether oxygens (including phenoxy) is 1. The lowest BCUT2D eigenvalue weighted by Gasteiger charge is -2.04. The molecule has 0 radical (unpaired) electrons. The lowest BCUT2D eigenvalue weighted by Crippen LogP contribution is -2.16. The standard InChI is InChI=1S/C12H15N3OS/c1-2-5-11(6-3-1)9-13-7-4-8-16-12-15-14-10-17-12/h1-3,5-6,10,13H,4,7-9H2. The van der Waals surface area contributed by atoms with Crippen LogP contribution >= 0.6 is 11.3 Å². The molecule has 5 heteroatoms. The molecule has 0 aliphatic rings. The lowest BCUT2D eigenvalue weighted by molar-refractivity contribution is 0.304. The molecule has 1 heterocycles. The van der Waals surface area contributed by atoms with Gasteiger partial charge in [-0.3, -0.25) is 0 Å². The van der Waals surface area contributed by atoms with E-state index in [4.69, 9.17) is 4.74 Å². The Morgan fingerprint density at radius 1 is 1.24 bits per heavy atom. The minimum absolute atomic E-state index is 0.646. The van der Waals surface area contributed by atoms with Crippen LogP contribution in [0.2, 0.25) is 0 Å². The van der Waals surface area contributed by atoms with Gasteiger partial charge in [0.2, 0.25) is 0 Å². The highest BCUT2D eigenvalue weighted by molar-refractivity contribution is 7.11. The number of aromatic nitrogens is 2. The van der Waals surface area contributed by atoms with Crippen molar-refractivity contribution in [2.75, 3.05) is 13.2 Å². The summed E-state index contributed by atoms with van der Waals surface area (Å²) >= 11 is 1.42. The van der Waals surface area contributed by atoms with E-state index in [1.54, 1.807) is 5.51 Å². The summed E-state index contributed by atoms with van der Waals surface area (Å²) in [4.78, 5) is 0. The zero-order valence-corrected chi connectivity index (χ0v) is 10.3. The van der Waals surface area contributed by atoms with E-state index in [1.807, 2.05) is 6.07 Å². The van der Waals surface area contributed by atoms with Crippen LogP contribution in [0.15, 0.2) is 35.8 Å². The second kappa shape index (κ2) is 6.98. The van der Waals surface area contributed by atoms with Gasteiger partial charge in [-0.15, -0.1) is 10.2 Å². The van der Waals surface area contributed by atoms with Crippen molar-refractivity contribution in [3.63, 3.8) is 0 Å². The van der Waals surface area contributed by atoms with Crippen LogP contribution in [0.5, 0.6) is 5.19 Å². The highest BCUT2D eigenvalue weighted by Gasteiger charge is 1.96. The van der Waals surface area contributed by atoms with Gasteiger partial charge in [-0.2, -0.15) is 0 Å². The van der Waals surface area contributed by atoms with Crippen LogP contribution in [0.3, 0.4) is 0 Å². The molecule has 1 aromatic carbocycles. The Balaban J connectivity index is 1.52. The highest BCUT2D eigenvalue weighted by Crippen LogP contribution is 2.10. The van der Waals surface area contributed by atoms with Gasteiger partial charge in [-0.1, -0.05) is 41.7 Å². The summed E-state index contributed by atoms with van der Waals surface area (Å²) in [5.74, 6) is 0. The quantitative estimate of drug-likeness (QED) is 0.763. The maximum Gasteiger partial charge on any atom is 0.293 e. The summed E-state index contributed by atoms with van der Waals surface area (Å²) in [6, 6.07) is 10.4. The Hall–Kier alpha value is -1.46. The van der Waals surface area contributed by atoms with Crippen molar-refractivity contribution in [3.05, 3.63) is 41.4 Å². The van der Waals surface area contributed by atoms with Crippen LogP contribution in [-0.4, -0.2) is 23.3 Å². The summed E-state index contributed by atoms with van der Waals surface area (Å²) in [5.41, 5.74) is 2.97. The molecule has 1 N–H and O–H groups in total. The monoisotopic (exact) mass is 249 g/mol. The third-order valence-corrected chi connectivity index (χ3v) is 2.84. The van der Waals surface area contributed by atoms with Gasteiger partial charge >= 0.3 is 0 Å². The van der Waals surface area contributed by atoms with E-state index in [-0.39, 0.29) is 0 Å². The smallest absolute Gasteiger partial charge is 0.293 e. The maximum atomic E-state index is 5.40. The maximum absolute atomic E-state index is 5.40. The average molecular weight is 249 g/mol. The summed E-state index contributed by atoms with van der Waals surface area (Å²) < 4.78 is 5.40. The SMILES string of the molecule is c1ccc(CNCCCOc2nncs2)cc1. The molecule has 4 nitrogen and oxygen atoms in total. The van der Waals surface area contributed by atoms with Crippen LogP contribution in [-0.2, 0) is 6.54 Å². The first-order valence-corrected chi connectivity index (χ1v) is 6.47. The Labute approximate surface area is 105 Å². The van der Waals surface area contributed by atoms with Crippen LogP contribution in [0.4, 0.5) is 0 Å². The second-order valence-corrected chi connectivity index (χ2v) is 4.36. The molecule has 17 heavy (non-hydrogen) atoms. The number of nitrogens with one attached hydrogen (secondary N) is 1. The van der Waals surface area contributed by atoms with Gasteiger partial charge in [-0.25, -0.2) is 0 Å². The summed E-state index contributed by atoms with van der Waals surface area (Å²) in [6.07, 6.45) is 0.965. The molecule has 0 aliphatic heterocycles. The van der Waals surface area contributed by atoms with E-state index in [1.165, 1.54) is 16.9 Å². The predicted molar refractivity (Wildman–Crippen MR) is 68.2 cm³/mol. The van der Waals surface area contributed by atoms with E-state index in [0.29, 0.717) is 11.8 Å². The molecule has 2 aromatic rings. The van der Waals surface area contributed by atoms with Crippen molar-refractivity contribution < 1.29 is 4.74 Å². The molecule has 0 saturated heterocycles. The number of nitrogens with zero attached hydrogens (tertiary/aromatic N) is 2. The molecule has 0 atom stereocenters. The third kappa shape index (κ3) is 4.50. The van der Waals surface area contributed by atoms with E-state index in [9.17, 15) is 0 Å². The fourth-order valence-corrected chi connectivity index (χ4v) is 1.84. The Kier molecular flexibility index (Phi) is 4.93. The predicted octanol–water partition coefficient (Wildman–Crippen LogP) is 2.10. The van der Waals surface area contributed by atoms with Crippen molar-refractivity contribution >= 4 is 11.3 Å². The van der Waals surface area contributed by atoms with Gasteiger partial charge in [0.15, 0.2) is 0 Å². The van der Waals surface area contributed by atoms with Gasteiger partial charge in [-0.05, 0) is 18.5 Å². The molecule has 2 rings (SSSR count). The van der Waals surface area contributed by atoms with E-state index < -0.39 is 0 Å². The van der Waals surface area contributed by atoms with Gasteiger partial charge in [0.05, 0.1) is 6.61 Å². The zero-order valence-electron chi connectivity index (χ0n) is 9.50. The molecule has 0 unspecified atom stereocenters. The number of rotatable bonds is 7. The van der Waals surface area contributed by atoms with Gasteiger partial charge in [0, 0.05) is 6.54 Å². The second-order valence-electron chi connectivity index (χ2n) is 3.57. The number of hydrogen-bond donors (Lipinski definition) is 1. The molecule has 1 aromatic heterocycles. The fourth-order valence-electron chi connectivity index (χ4n) is 1.41. The molecule has 0 bridgehead atoms. The largest absolute Gasteiger partial charge is 0.469 e. The van der Waals surface area contributed by atoms with Crippen molar-refractivity contribution in [1.29, 1.82) is 0 Å². The number of benzene rings is 1. The highest BCUT2D eigenvalue weighted by atomic mass is 32.1. The van der Waals surface area contributed by atoms with Crippen molar-refractivity contribution in [2.45, 2.75) is 13.0 Å². The minimum Gasteiger partial charge on any atom is -0.469 e. The summed E-state index contributed by atoms with van der Waals surface area (Å²) in [7, 11) is 0. The zero-order chi connectivity index (χ0) is 11.8. The van der Waals surface area contributed by atoms with E-state index in [2.05, 4.69) is 39.8 Å². The van der Waals surface area contributed by atoms with Crippen LogP contribution < -0.4 is 10.1 Å². The Morgan fingerprint density at radius 2 is 2.12 bits per heavy atom. The minimum atomic E-state index is 0.646. The van der Waals surface area contributed by atoms with Crippen LogP contribution in [0, 0.1) is 0 Å². The fraction of sp³-hybridized carbons (Fsp3) is 0.333. The normalized spacial score (nSPS) is 10.4. The molecule has 0 saturated carbocycles. The van der Waals surface area contributed by atoms with Crippen molar-refractivity contribution in [1.82, 2.24) is 15.5 Å². The van der Waals surface area contributed by atoms with Crippen molar-refractivity contribution in [2.24, 2.45) is 0 Å². The Bertz CT molecular complexity index is 405. The van der Waals surface area contributed by atoms with E-state index >= 15 is 0 Å². The molecular formula is C12H15N3OS. The van der Waals surface area contributed by atoms with Crippen LogP contribution in [0.1, 0.15) is 12.0 Å². The first kappa shape index (κ1) is 12.0. The summed E-state index contributed by atoms with van der Waals surface area (Å²) in [5, 5.41) is 11.5. The molecule has 0 spiro atoms. The van der Waals surface area contributed by atoms with Gasteiger partial charge in [0.1, 0.15) is 5.51 Å². The first-order valence-electron chi connectivity index (χ1n) is 5.59. The van der Waals surface area contributed by atoms with Crippen LogP contribution in [0.25, 0.3) is 0 Å². The first-order chi connectivity index (χ1) is 8.45. The van der Waals surface area contributed by atoms with Gasteiger partial charge < -0.3 is 10.1 Å². The molecule has 0 aliphatic carbocycles. The number of hydrogen-bond acceptors (Lipinski definition) is 5. The Morgan fingerprint density at radius 3 is 2.88 bits per heavy atom. The molecule has 0 fully saturated rings. The lowest BCUT2D eigenvalue weighted by atomic mass is 10.2. The average Bonchev–Trinajstić information content (AvgIpc) is 2.88. The van der Waals surface area contributed by atoms with Crippen molar-refractivity contribution in [3.8, 4) is 5.19 Å². The molecule has 0 amide bonds.